The highest BCUT2D eigenvalue weighted by atomic mass is 35.5. The Morgan fingerprint density at radius 2 is 1.78 bits per heavy atom. The van der Waals surface area contributed by atoms with Gasteiger partial charge >= 0.3 is 12.1 Å². The highest BCUT2D eigenvalue weighted by Crippen LogP contribution is 2.37. The minimum atomic E-state index is -5.66. The molecule has 0 N–H and O–H groups in total. The van der Waals surface area contributed by atoms with E-state index in [1.165, 1.54) is 24.3 Å². The van der Waals surface area contributed by atoms with Crippen LogP contribution in [0.2, 0.25) is 5.02 Å². The number of rotatable bonds is 4. The predicted molar refractivity (Wildman–Crippen MR) is 74.5 cm³/mol. The van der Waals surface area contributed by atoms with Crippen molar-refractivity contribution in [2.45, 2.75) is 28.7 Å². The molecule has 0 bridgehead atoms. The van der Waals surface area contributed by atoms with Gasteiger partial charge in [-0.1, -0.05) is 23.7 Å². The van der Waals surface area contributed by atoms with Gasteiger partial charge in [0.2, 0.25) is 0 Å². The van der Waals surface area contributed by atoms with Crippen LogP contribution in [0.1, 0.15) is 6.42 Å². The van der Waals surface area contributed by atoms with Crippen molar-refractivity contribution in [3.63, 3.8) is 0 Å². The van der Waals surface area contributed by atoms with Crippen molar-refractivity contribution in [1.29, 1.82) is 0 Å². The molecule has 1 aromatic carbocycles. The van der Waals surface area contributed by atoms with Crippen LogP contribution in [0.25, 0.3) is 0 Å². The number of nitrogens with zero attached hydrogens (tertiary/aromatic N) is 1. The van der Waals surface area contributed by atoms with Crippen molar-refractivity contribution in [3.8, 4) is 0 Å². The zero-order valence-corrected chi connectivity index (χ0v) is 13.2. The van der Waals surface area contributed by atoms with Gasteiger partial charge in [0.25, 0.3) is 0 Å². The van der Waals surface area contributed by atoms with Crippen molar-refractivity contribution in [2.24, 2.45) is 0 Å². The average molecular weight is 378 g/mol. The van der Waals surface area contributed by atoms with Crippen LogP contribution in [0.4, 0.5) is 22.0 Å². The molecule has 1 heterocycles. The molecule has 0 radical (unpaired) electrons. The Bertz CT molecular complexity index is 677. The lowest BCUT2D eigenvalue weighted by Crippen LogP contribution is -2.46. The van der Waals surface area contributed by atoms with Crippen LogP contribution < -0.4 is 0 Å². The van der Waals surface area contributed by atoms with Gasteiger partial charge in [0.05, 0.1) is 21.7 Å². The summed E-state index contributed by atoms with van der Waals surface area (Å²) in [6.07, 6.45) is -5.69. The Hall–Kier alpha value is -0.930. The van der Waals surface area contributed by atoms with E-state index in [0.29, 0.717) is 0 Å². The summed E-state index contributed by atoms with van der Waals surface area (Å²) in [7, 11) is -3.89. The first-order valence-electron chi connectivity index (χ1n) is 6.60. The lowest BCUT2D eigenvalue weighted by molar-refractivity contribution is -0.285. The SMILES string of the molecule is O=S(=O)(c1ccccc1Cl)C1CCN(CC(F)(F)C(F)(F)F)C1. The molecule has 1 aliphatic heterocycles. The van der Waals surface area contributed by atoms with Gasteiger partial charge in [-0.25, -0.2) is 8.42 Å². The summed E-state index contributed by atoms with van der Waals surface area (Å²) in [5.41, 5.74) is 0. The third-order valence-corrected chi connectivity index (χ3v) is 6.32. The molecule has 3 nitrogen and oxygen atoms in total. The maximum Gasteiger partial charge on any atom is 0.454 e. The maximum atomic E-state index is 13.1. The van der Waals surface area contributed by atoms with Crippen molar-refractivity contribution < 1.29 is 30.4 Å². The standard InChI is InChI=1S/C13H13ClF5NO2S/c14-10-3-1-2-4-11(10)23(21,22)9-5-6-20(7-9)8-12(15,16)13(17,18)19/h1-4,9H,5-8H2. The number of benzene rings is 1. The molecule has 0 saturated carbocycles. The van der Waals surface area contributed by atoms with Gasteiger partial charge in [0.1, 0.15) is 0 Å². The Morgan fingerprint density at radius 1 is 1.17 bits per heavy atom. The molecular formula is C13H13ClF5NO2S. The number of halogens is 6. The highest BCUT2D eigenvalue weighted by Gasteiger charge is 2.58. The first kappa shape index (κ1) is 18.4. The molecule has 1 fully saturated rings. The molecule has 1 unspecified atom stereocenters. The largest absolute Gasteiger partial charge is 0.454 e. The average Bonchev–Trinajstić information content (AvgIpc) is 2.86. The fourth-order valence-electron chi connectivity index (χ4n) is 2.42. The number of alkyl halides is 5. The summed E-state index contributed by atoms with van der Waals surface area (Å²) in [5.74, 6) is -4.88. The smallest absolute Gasteiger partial charge is 0.296 e. The van der Waals surface area contributed by atoms with E-state index in [2.05, 4.69) is 0 Å². The van der Waals surface area contributed by atoms with Crippen molar-refractivity contribution in [3.05, 3.63) is 29.3 Å². The quantitative estimate of drug-likeness (QED) is 0.755. The molecule has 1 aliphatic rings. The van der Waals surface area contributed by atoms with Crippen molar-refractivity contribution in [2.75, 3.05) is 19.6 Å². The Labute approximate surface area is 134 Å². The van der Waals surface area contributed by atoms with E-state index in [-0.39, 0.29) is 29.4 Å². The molecule has 0 aromatic heterocycles. The number of likely N-dealkylation sites (tertiary alicyclic amines) is 1. The lowest BCUT2D eigenvalue weighted by atomic mass is 10.3. The molecule has 1 saturated heterocycles. The van der Waals surface area contributed by atoms with E-state index in [1.54, 1.807) is 0 Å². The summed E-state index contributed by atoms with van der Waals surface area (Å²) in [6.45, 7) is -2.09. The van der Waals surface area contributed by atoms with Gasteiger partial charge in [-0.05, 0) is 25.1 Å². The Balaban J connectivity index is 2.13. The van der Waals surface area contributed by atoms with Gasteiger partial charge in [0, 0.05) is 6.54 Å². The molecule has 0 spiro atoms. The number of hydrogen-bond donors (Lipinski definition) is 0. The fourth-order valence-corrected chi connectivity index (χ4v) is 4.67. The van der Waals surface area contributed by atoms with E-state index < -0.39 is 33.7 Å². The second kappa shape index (κ2) is 6.18. The number of hydrogen-bond acceptors (Lipinski definition) is 3. The van der Waals surface area contributed by atoms with E-state index in [4.69, 9.17) is 11.6 Å². The maximum absolute atomic E-state index is 13.1. The second-order valence-corrected chi connectivity index (χ2v) is 7.93. The summed E-state index contributed by atoms with van der Waals surface area (Å²) in [4.78, 5) is 0.670. The summed E-state index contributed by atoms with van der Waals surface area (Å²) in [5, 5.41) is -1.07. The van der Waals surface area contributed by atoms with Crippen LogP contribution in [-0.4, -0.2) is 50.3 Å². The Morgan fingerprint density at radius 3 is 2.35 bits per heavy atom. The normalized spacial score (nSPS) is 20.9. The monoisotopic (exact) mass is 377 g/mol. The van der Waals surface area contributed by atoms with Crippen LogP contribution in [0.5, 0.6) is 0 Å². The minimum Gasteiger partial charge on any atom is -0.296 e. The van der Waals surface area contributed by atoms with Gasteiger partial charge in [0.15, 0.2) is 9.84 Å². The fraction of sp³-hybridized carbons (Fsp3) is 0.538. The number of sulfone groups is 1. The molecule has 130 valence electrons. The Kier molecular flexibility index (Phi) is 4.94. The van der Waals surface area contributed by atoms with Gasteiger partial charge in [-0.3, -0.25) is 4.90 Å². The molecule has 10 heteroatoms. The first-order valence-corrected chi connectivity index (χ1v) is 8.53. The zero-order valence-electron chi connectivity index (χ0n) is 11.7. The molecule has 1 aromatic rings. The molecule has 2 rings (SSSR count). The third kappa shape index (κ3) is 3.77. The van der Waals surface area contributed by atoms with E-state index in [0.717, 1.165) is 4.90 Å². The van der Waals surface area contributed by atoms with Crippen LogP contribution in [0.3, 0.4) is 0 Å². The van der Waals surface area contributed by atoms with E-state index in [1.807, 2.05) is 0 Å². The van der Waals surface area contributed by atoms with Gasteiger partial charge < -0.3 is 0 Å². The third-order valence-electron chi connectivity index (χ3n) is 3.65. The minimum absolute atomic E-state index is 0.00780. The van der Waals surface area contributed by atoms with Crippen LogP contribution in [0, 0.1) is 0 Å². The van der Waals surface area contributed by atoms with Crippen LogP contribution >= 0.6 is 11.6 Å². The molecule has 0 amide bonds. The van der Waals surface area contributed by atoms with Gasteiger partial charge in [-0.2, -0.15) is 22.0 Å². The first-order chi connectivity index (χ1) is 10.4. The van der Waals surface area contributed by atoms with Gasteiger partial charge in [-0.15, -0.1) is 0 Å². The van der Waals surface area contributed by atoms with Crippen molar-refractivity contribution >= 4 is 21.4 Å². The van der Waals surface area contributed by atoms with Crippen LogP contribution in [0.15, 0.2) is 29.2 Å². The molecular weight excluding hydrogens is 365 g/mol. The summed E-state index contributed by atoms with van der Waals surface area (Å²) >= 11 is 5.83. The highest BCUT2D eigenvalue weighted by molar-refractivity contribution is 7.92. The topological polar surface area (TPSA) is 37.4 Å². The lowest BCUT2D eigenvalue weighted by Gasteiger charge is -2.25. The summed E-state index contributed by atoms with van der Waals surface area (Å²) in [6, 6.07) is 5.65. The zero-order chi connectivity index (χ0) is 17.5. The predicted octanol–water partition coefficient (Wildman–Crippen LogP) is 3.39. The van der Waals surface area contributed by atoms with Crippen molar-refractivity contribution in [1.82, 2.24) is 4.90 Å². The second-order valence-electron chi connectivity index (χ2n) is 5.32. The molecule has 0 aliphatic carbocycles. The van der Waals surface area contributed by atoms with Crippen LogP contribution in [-0.2, 0) is 9.84 Å². The molecule has 1 atom stereocenters. The molecule has 23 heavy (non-hydrogen) atoms. The summed E-state index contributed by atoms with van der Waals surface area (Å²) < 4.78 is 87.7. The van der Waals surface area contributed by atoms with E-state index in [9.17, 15) is 30.4 Å². The van der Waals surface area contributed by atoms with E-state index >= 15 is 0 Å².